The van der Waals surface area contributed by atoms with Gasteiger partial charge in [-0.3, -0.25) is 0 Å². The number of hydrogen-bond donors (Lipinski definition) is 1. The first-order valence-electron chi connectivity index (χ1n) is 6.69. The molecule has 1 N–H and O–H groups in total. The minimum absolute atomic E-state index is 0.479. The van der Waals surface area contributed by atoms with Crippen LogP contribution in [0.4, 0.5) is 5.69 Å². The summed E-state index contributed by atoms with van der Waals surface area (Å²) in [5.74, 6) is 2.18. The first-order chi connectivity index (χ1) is 8.62. The molecule has 1 rings (SSSR count). The van der Waals surface area contributed by atoms with Crippen molar-refractivity contribution < 1.29 is 9.47 Å². The Hall–Kier alpha value is -1.38. The topological polar surface area (TPSA) is 30.5 Å². The van der Waals surface area contributed by atoms with Crippen LogP contribution in [0.3, 0.4) is 0 Å². The van der Waals surface area contributed by atoms with E-state index in [-0.39, 0.29) is 0 Å². The van der Waals surface area contributed by atoms with Crippen LogP contribution in [0.25, 0.3) is 0 Å². The van der Waals surface area contributed by atoms with Gasteiger partial charge in [0.05, 0.1) is 13.7 Å². The molecule has 102 valence electrons. The summed E-state index contributed by atoms with van der Waals surface area (Å²) < 4.78 is 10.9. The normalized spacial score (nSPS) is 12.3. The Morgan fingerprint density at radius 2 is 1.89 bits per heavy atom. The number of anilines is 1. The van der Waals surface area contributed by atoms with Gasteiger partial charge >= 0.3 is 0 Å². The zero-order valence-electron chi connectivity index (χ0n) is 12.1. The minimum Gasteiger partial charge on any atom is -0.493 e. The lowest BCUT2D eigenvalue weighted by atomic mass is 10.0. The summed E-state index contributed by atoms with van der Waals surface area (Å²) in [6.07, 6.45) is 1.10. The maximum Gasteiger partial charge on any atom is 0.162 e. The number of methoxy groups -OCH3 is 1. The van der Waals surface area contributed by atoms with Gasteiger partial charge in [-0.15, -0.1) is 0 Å². The van der Waals surface area contributed by atoms with Crippen molar-refractivity contribution in [3.05, 3.63) is 18.2 Å². The third-order valence-electron chi connectivity index (χ3n) is 3.06. The van der Waals surface area contributed by atoms with E-state index in [9.17, 15) is 0 Å². The van der Waals surface area contributed by atoms with Crippen molar-refractivity contribution >= 4 is 5.69 Å². The molecule has 1 atom stereocenters. The second-order valence-electron chi connectivity index (χ2n) is 4.70. The van der Waals surface area contributed by atoms with E-state index in [0.717, 1.165) is 23.6 Å². The van der Waals surface area contributed by atoms with Crippen molar-refractivity contribution in [3.63, 3.8) is 0 Å². The number of benzene rings is 1. The predicted octanol–water partition coefficient (Wildman–Crippen LogP) is 3.94. The van der Waals surface area contributed by atoms with E-state index in [1.165, 1.54) is 0 Å². The highest BCUT2D eigenvalue weighted by Gasteiger charge is 2.12. The fraction of sp³-hybridized carbons (Fsp3) is 0.600. The quantitative estimate of drug-likeness (QED) is 0.796. The first kappa shape index (κ1) is 14.7. The van der Waals surface area contributed by atoms with E-state index in [0.29, 0.717) is 18.6 Å². The van der Waals surface area contributed by atoms with Gasteiger partial charge in [-0.2, -0.15) is 0 Å². The molecule has 0 aliphatic rings. The van der Waals surface area contributed by atoms with E-state index in [1.54, 1.807) is 7.11 Å². The fourth-order valence-corrected chi connectivity index (χ4v) is 1.99. The van der Waals surface area contributed by atoms with Crippen LogP contribution in [0, 0.1) is 5.92 Å². The Labute approximate surface area is 110 Å². The third-order valence-corrected chi connectivity index (χ3v) is 3.06. The molecule has 0 bridgehead atoms. The molecule has 3 nitrogen and oxygen atoms in total. The van der Waals surface area contributed by atoms with Crippen molar-refractivity contribution in [2.45, 2.75) is 40.2 Å². The van der Waals surface area contributed by atoms with Crippen molar-refractivity contribution in [2.24, 2.45) is 5.92 Å². The average molecular weight is 251 g/mol. The van der Waals surface area contributed by atoms with Crippen LogP contribution in [0.1, 0.15) is 34.1 Å². The summed E-state index contributed by atoms with van der Waals surface area (Å²) in [7, 11) is 1.67. The van der Waals surface area contributed by atoms with Crippen molar-refractivity contribution in [3.8, 4) is 11.5 Å². The molecule has 0 spiro atoms. The Morgan fingerprint density at radius 3 is 2.39 bits per heavy atom. The number of ether oxygens (including phenoxy) is 2. The number of hydrogen-bond acceptors (Lipinski definition) is 3. The van der Waals surface area contributed by atoms with Gasteiger partial charge in [0.15, 0.2) is 11.5 Å². The second-order valence-corrected chi connectivity index (χ2v) is 4.70. The van der Waals surface area contributed by atoms with Crippen LogP contribution in [0.5, 0.6) is 11.5 Å². The number of nitrogens with one attached hydrogen (secondary N) is 1. The molecule has 0 radical (unpaired) electrons. The highest BCUT2D eigenvalue weighted by atomic mass is 16.5. The van der Waals surface area contributed by atoms with Gasteiger partial charge in [0.2, 0.25) is 0 Å². The SMILES string of the molecule is CCOc1ccc(NC(CC)C(C)C)cc1OC. The van der Waals surface area contributed by atoms with Crippen LogP contribution < -0.4 is 14.8 Å². The molecule has 0 saturated heterocycles. The molecular formula is C15H25NO2. The van der Waals surface area contributed by atoms with Crippen LogP contribution in [0.2, 0.25) is 0 Å². The second kappa shape index (κ2) is 7.14. The van der Waals surface area contributed by atoms with E-state index in [2.05, 4.69) is 26.1 Å². The lowest BCUT2D eigenvalue weighted by molar-refractivity contribution is 0.311. The highest BCUT2D eigenvalue weighted by molar-refractivity contribution is 5.55. The number of rotatable bonds is 7. The van der Waals surface area contributed by atoms with Crippen LogP contribution in [-0.4, -0.2) is 19.8 Å². The van der Waals surface area contributed by atoms with Crippen molar-refractivity contribution in [1.29, 1.82) is 0 Å². The lowest BCUT2D eigenvalue weighted by Crippen LogP contribution is -2.24. The van der Waals surface area contributed by atoms with Gasteiger partial charge in [0, 0.05) is 17.8 Å². The van der Waals surface area contributed by atoms with Gasteiger partial charge in [-0.1, -0.05) is 20.8 Å². The smallest absolute Gasteiger partial charge is 0.162 e. The monoisotopic (exact) mass is 251 g/mol. The highest BCUT2D eigenvalue weighted by Crippen LogP contribution is 2.31. The summed E-state index contributed by atoms with van der Waals surface area (Å²) >= 11 is 0. The summed E-state index contributed by atoms with van der Waals surface area (Å²) in [6, 6.07) is 6.47. The molecule has 0 aliphatic heterocycles. The molecule has 1 aromatic carbocycles. The molecule has 0 aromatic heterocycles. The Morgan fingerprint density at radius 1 is 1.17 bits per heavy atom. The summed E-state index contributed by atoms with van der Waals surface area (Å²) in [6.45, 7) is 9.27. The maximum absolute atomic E-state index is 5.51. The van der Waals surface area contributed by atoms with Gasteiger partial charge in [0.1, 0.15) is 0 Å². The van der Waals surface area contributed by atoms with Gasteiger partial charge < -0.3 is 14.8 Å². The van der Waals surface area contributed by atoms with Crippen LogP contribution in [0.15, 0.2) is 18.2 Å². The zero-order valence-corrected chi connectivity index (χ0v) is 12.1. The third kappa shape index (κ3) is 3.83. The van der Waals surface area contributed by atoms with Crippen molar-refractivity contribution in [2.75, 3.05) is 19.0 Å². The average Bonchev–Trinajstić information content (AvgIpc) is 2.37. The lowest BCUT2D eigenvalue weighted by Gasteiger charge is -2.22. The Balaban J connectivity index is 2.84. The van der Waals surface area contributed by atoms with E-state index >= 15 is 0 Å². The zero-order chi connectivity index (χ0) is 13.5. The molecular weight excluding hydrogens is 226 g/mol. The van der Waals surface area contributed by atoms with Crippen LogP contribution in [-0.2, 0) is 0 Å². The fourth-order valence-electron chi connectivity index (χ4n) is 1.99. The summed E-state index contributed by atoms with van der Waals surface area (Å²) in [4.78, 5) is 0. The summed E-state index contributed by atoms with van der Waals surface area (Å²) in [5.41, 5.74) is 1.08. The van der Waals surface area contributed by atoms with Crippen molar-refractivity contribution in [1.82, 2.24) is 0 Å². The molecule has 0 amide bonds. The molecule has 0 aliphatic carbocycles. The van der Waals surface area contributed by atoms with Crippen LogP contribution >= 0.6 is 0 Å². The molecule has 18 heavy (non-hydrogen) atoms. The molecule has 1 aromatic rings. The standard InChI is InChI=1S/C15H25NO2/c1-6-13(11(3)4)16-12-8-9-14(18-7-2)15(10-12)17-5/h8-11,13,16H,6-7H2,1-5H3. The maximum atomic E-state index is 5.51. The Bertz CT molecular complexity index is 364. The summed E-state index contributed by atoms with van der Waals surface area (Å²) in [5, 5.41) is 3.54. The van der Waals surface area contributed by atoms with E-state index in [4.69, 9.17) is 9.47 Å². The molecule has 3 heteroatoms. The van der Waals surface area contributed by atoms with Gasteiger partial charge in [-0.05, 0) is 31.4 Å². The molecule has 1 unspecified atom stereocenters. The van der Waals surface area contributed by atoms with Gasteiger partial charge in [0.25, 0.3) is 0 Å². The van der Waals surface area contributed by atoms with E-state index in [1.807, 2.05) is 25.1 Å². The van der Waals surface area contributed by atoms with Gasteiger partial charge in [-0.25, -0.2) is 0 Å². The molecule has 0 fully saturated rings. The molecule has 0 heterocycles. The largest absolute Gasteiger partial charge is 0.493 e. The predicted molar refractivity (Wildman–Crippen MR) is 76.7 cm³/mol. The first-order valence-corrected chi connectivity index (χ1v) is 6.69. The Kier molecular flexibility index (Phi) is 5.83. The molecule has 0 saturated carbocycles. The minimum atomic E-state index is 0.479. The van der Waals surface area contributed by atoms with E-state index < -0.39 is 0 Å².